The fourth-order valence-corrected chi connectivity index (χ4v) is 3.83. The first-order valence-electron chi connectivity index (χ1n) is 7.82. The maximum absolute atomic E-state index is 13.0. The third kappa shape index (κ3) is 3.35. The van der Waals surface area contributed by atoms with Gasteiger partial charge in [-0.2, -0.15) is 0 Å². The molecule has 2 aliphatic rings. The first kappa shape index (κ1) is 17.1. The Hall–Kier alpha value is -1.77. The molecule has 0 radical (unpaired) electrons. The number of carbonyl (C=O) groups excluding carboxylic acids is 2. The second kappa shape index (κ2) is 7.00. The molecule has 3 rings (SSSR count). The topological polar surface area (TPSA) is 88.1 Å². The summed E-state index contributed by atoms with van der Waals surface area (Å²) in [4.78, 5) is 25.2. The Morgan fingerprint density at radius 1 is 1.29 bits per heavy atom. The van der Waals surface area contributed by atoms with Crippen LogP contribution in [0.15, 0.2) is 23.1 Å². The smallest absolute Gasteiger partial charge is 0.274 e. The van der Waals surface area contributed by atoms with Crippen LogP contribution >= 0.6 is 11.9 Å². The number of carbonyl (C=O) groups is 2. The second-order valence-electron chi connectivity index (χ2n) is 6.12. The summed E-state index contributed by atoms with van der Waals surface area (Å²) in [6, 6.07) is 4.88. The van der Waals surface area contributed by atoms with Gasteiger partial charge in [0, 0.05) is 18.8 Å². The summed E-state index contributed by atoms with van der Waals surface area (Å²) in [5.74, 6) is 0.0243. The van der Waals surface area contributed by atoms with Crippen LogP contribution in [-0.2, 0) is 9.53 Å². The van der Waals surface area contributed by atoms with E-state index in [-0.39, 0.29) is 5.91 Å². The highest BCUT2D eigenvalue weighted by atomic mass is 32.2. The molecule has 1 saturated heterocycles. The van der Waals surface area contributed by atoms with E-state index < -0.39 is 11.3 Å². The Balaban J connectivity index is 1.79. The summed E-state index contributed by atoms with van der Waals surface area (Å²) < 4.78 is 12.8. The molecule has 8 heteroatoms. The molecular weight excluding hydrogens is 332 g/mol. The molecule has 0 bridgehead atoms. The van der Waals surface area contributed by atoms with Crippen LogP contribution in [0.25, 0.3) is 0 Å². The first-order chi connectivity index (χ1) is 11.5. The fraction of sp³-hybridized carbons (Fsp3) is 0.500. The van der Waals surface area contributed by atoms with E-state index in [1.165, 1.54) is 11.9 Å². The molecule has 2 heterocycles. The predicted molar refractivity (Wildman–Crippen MR) is 86.9 cm³/mol. The molecule has 0 unspecified atom stereocenters. The lowest BCUT2D eigenvalue weighted by Gasteiger charge is -2.35. The van der Waals surface area contributed by atoms with Crippen molar-refractivity contribution in [2.45, 2.75) is 24.7 Å². The Bertz CT molecular complexity index is 645. The van der Waals surface area contributed by atoms with Gasteiger partial charge in [0.2, 0.25) is 5.91 Å². The molecule has 2 amide bonds. The molecule has 0 aliphatic carbocycles. The van der Waals surface area contributed by atoms with Crippen molar-refractivity contribution in [2.75, 3.05) is 26.4 Å². The van der Waals surface area contributed by atoms with Crippen LogP contribution in [0.5, 0.6) is 5.75 Å². The predicted octanol–water partition coefficient (Wildman–Crippen LogP) is 1.85. The van der Waals surface area contributed by atoms with E-state index >= 15 is 0 Å². The van der Waals surface area contributed by atoms with Gasteiger partial charge in [-0.15, -0.1) is 0 Å². The van der Waals surface area contributed by atoms with Crippen molar-refractivity contribution >= 4 is 23.8 Å². The molecule has 1 aromatic carbocycles. The van der Waals surface area contributed by atoms with Crippen LogP contribution in [0, 0.1) is 5.41 Å². The Kier molecular flexibility index (Phi) is 4.98. The summed E-state index contributed by atoms with van der Waals surface area (Å²) in [5, 5.41) is 8.73. The van der Waals surface area contributed by atoms with Crippen molar-refractivity contribution in [1.29, 1.82) is 0 Å². The van der Waals surface area contributed by atoms with Crippen LogP contribution in [0.1, 0.15) is 30.1 Å². The van der Waals surface area contributed by atoms with E-state index in [1.807, 2.05) is 6.92 Å². The van der Waals surface area contributed by atoms with Crippen molar-refractivity contribution in [3.05, 3.63) is 23.8 Å². The number of amides is 2. The zero-order valence-corrected chi connectivity index (χ0v) is 14.2. The minimum absolute atomic E-state index is 0.0874. The quantitative estimate of drug-likeness (QED) is 0.480. The molecule has 0 spiro atoms. The van der Waals surface area contributed by atoms with Gasteiger partial charge in [0.1, 0.15) is 12.4 Å². The fourth-order valence-electron chi connectivity index (χ4n) is 2.78. The molecule has 130 valence electrons. The number of benzene rings is 1. The standard InChI is InChI=1S/C16H20N2O5S/c1-16(4-7-22-8-5-16)15(20)18-6-9-23-12-10-11(14(19)17-21)2-3-13(12)24-18/h2-3,10,21H,4-9H2,1H3,(H,17,19). The molecule has 24 heavy (non-hydrogen) atoms. The summed E-state index contributed by atoms with van der Waals surface area (Å²) in [5.41, 5.74) is 1.49. The first-order valence-corrected chi connectivity index (χ1v) is 8.60. The largest absolute Gasteiger partial charge is 0.490 e. The molecular formula is C16H20N2O5S. The van der Waals surface area contributed by atoms with E-state index in [0.717, 1.165) is 4.90 Å². The summed E-state index contributed by atoms with van der Waals surface area (Å²) >= 11 is 1.33. The highest BCUT2D eigenvalue weighted by Crippen LogP contribution is 2.39. The van der Waals surface area contributed by atoms with Gasteiger partial charge in [0.25, 0.3) is 5.91 Å². The summed E-state index contributed by atoms with van der Waals surface area (Å²) in [6.45, 7) is 4.01. The number of hydrogen-bond donors (Lipinski definition) is 2. The number of hydrogen-bond acceptors (Lipinski definition) is 6. The maximum Gasteiger partial charge on any atom is 0.274 e. The number of nitrogens with zero attached hydrogens (tertiary/aromatic N) is 1. The van der Waals surface area contributed by atoms with E-state index in [0.29, 0.717) is 50.5 Å². The average molecular weight is 352 g/mol. The van der Waals surface area contributed by atoms with Gasteiger partial charge in [0.05, 0.1) is 16.9 Å². The van der Waals surface area contributed by atoms with Crippen LogP contribution in [0.2, 0.25) is 0 Å². The van der Waals surface area contributed by atoms with Crippen LogP contribution in [-0.4, -0.2) is 47.7 Å². The highest BCUT2D eigenvalue weighted by molar-refractivity contribution is 7.97. The second-order valence-corrected chi connectivity index (χ2v) is 7.19. The number of ether oxygens (including phenoxy) is 2. The molecule has 0 saturated carbocycles. The van der Waals surface area contributed by atoms with Crippen LogP contribution < -0.4 is 10.2 Å². The number of fused-ring (bicyclic) bond motifs is 1. The minimum atomic E-state index is -0.599. The van der Waals surface area contributed by atoms with Gasteiger partial charge >= 0.3 is 0 Å². The zero-order chi connectivity index (χ0) is 17.2. The van der Waals surface area contributed by atoms with E-state index in [2.05, 4.69) is 0 Å². The Morgan fingerprint density at radius 2 is 2.04 bits per heavy atom. The van der Waals surface area contributed by atoms with Gasteiger partial charge < -0.3 is 9.47 Å². The molecule has 7 nitrogen and oxygen atoms in total. The third-order valence-electron chi connectivity index (χ3n) is 4.41. The van der Waals surface area contributed by atoms with Crippen molar-refractivity contribution in [3.8, 4) is 5.75 Å². The minimum Gasteiger partial charge on any atom is -0.490 e. The lowest BCUT2D eigenvalue weighted by molar-refractivity contribution is -0.141. The molecule has 2 aliphatic heterocycles. The van der Waals surface area contributed by atoms with Gasteiger partial charge in [-0.1, -0.05) is 6.92 Å². The van der Waals surface area contributed by atoms with Crippen molar-refractivity contribution in [3.63, 3.8) is 0 Å². The van der Waals surface area contributed by atoms with E-state index in [1.54, 1.807) is 28.0 Å². The summed E-state index contributed by atoms with van der Waals surface area (Å²) in [6.07, 6.45) is 1.43. The van der Waals surface area contributed by atoms with E-state index in [4.69, 9.17) is 14.7 Å². The van der Waals surface area contributed by atoms with Crippen LogP contribution in [0.3, 0.4) is 0 Å². The lowest BCUT2D eigenvalue weighted by atomic mass is 9.81. The molecule has 1 fully saturated rings. The van der Waals surface area contributed by atoms with Crippen molar-refractivity contribution in [1.82, 2.24) is 9.79 Å². The SMILES string of the molecule is CC1(C(=O)N2CCOc3cc(C(=O)NO)ccc3S2)CCOCC1. The van der Waals surface area contributed by atoms with Gasteiger partial charge in [-0.05, 0) is 43.0 Å². The zero-order valence-electron chi connectivity index (χ0n) is 13.4. The summed E-state index contributed by atoms with van der Waals surface area (Å²) in [7, 11) is 0. The molecule has 0 atom stereocenters. The number of rotatable bonds is 2. The highest BCUT2D eigenvalue weighted by Gasteiger charge is 2.39. The third-order valence-corrected chi connectivity index (χ3v) is 5.51. The van der Waals surface area contributed by atoms with Gasteiger partial charge in [-0.25, -0.2) is 5.48 Å². The van der Waals surface area contributed by atoms with E-state index in [9.17, 15) is 9.59 Å². The normalized spacial score (nSPS) is 19.7. The Labute approximate surface area is 144 Å². The average Bonchev–Trinajstić information content (AvgIpc) is 2.82. The van der Waals surface area contributed by atoms with Crippen molar-refractivity contribution in [2.24, 2.45) is 5.41 Å². The lowest BCUT2D eigenvalue weighted by Crippen LogP contribution is -2.43. The molecule has 2 N–H and O–H groups in total. The van der Waals surface area contributed by atoms with Crippen LogP contribution in [0.4, 0.5) is 0 Å². The van der Waals surface area contributed by atoms with Gasteiger partial charge in [0.15, 0.2) is 0 Å². The molecule has 0 aromatic heterocycles. The monoisotopic (exact) mass is 352 g/mol. The maximum atomic E-state index is 13.0. The number of nitrogens with one attached hydrogen (secondary N) is 1. The van der Waals surface area contributed by atoms with Gasteiger partial charge in [-0.3, -0.25) is 19.1 Å². The van der Waals surface area contributed by atoms with Crippen molar-refractivity contribution < 1.29 is 24.3 Å². The Morgan fingerprint density at radius 3 is 2.75 bits per heavy atom. The number of hydroxylamine groups is 1. The molecule has 1 aromatic rings.